The number of carbonyl (C=O) groups is 6. The lowest BCUT2D eigenvalue weighted by Crippen LogP contribution is -2.57. The molecule has 0 aliphatic rings. The highest BCUT2D eigenvalue weighted by molar-refractivity contribution is 5.94. The van der Waals surface area contributed by atoms with Crippen LogP contribution in [0, 0.1) is 5.92 Å². The molecule has 3 atom stereocenters. The van der Waals surface area contributed by atoms with E-state index in [2.05, 4.69) is 16.0 Å². The summed E-state index contributed by atoms with van der Waals surface area (Å²) in [5, 5.41) is 24.9. The fourth-order valence-corrected chi connectivity index (χ4v) is 2.39. The van der Waals surface area contributed by atoms with Gasteiger partial charge in [0.1, 0.15) is 18.1 Å². The molecule has 0 rings (SSSR count). The molecule has 0 aromatic carbocycles. The summed E-state index contributed by atoms with van der Waals surface area (Å²) in [6.07, 6.45) is -1.24. The monoisotopic (exact) mass is 431 g/mol. The molecule has 0 aromatic rings. The molecule has 30 heavy (non-hydrogen) atoms. The molecule has 0 saturated carbocycles. The predicted molar refractivity (Wildman–Crippen MR) is 103 cm³/mol. The second kappa shape index (κ2) is 13.1. The number of carbonyl (C=O) groups excluding carboxylic acids is 4. The van der Waals surface area contributed by atoms with Gasteiger partial charge in [-0.3, -0.25) is 24.0 Å². The van der Waals surface area contributed by atoms with Crippen molar-refractivity contribution in [1.82, 2.24) is 16.0 Å². The maximum absolute atomic E-state index is 12.5. The Morgan fingerprint density at radius 3 is 1.77 bits per heavy atom. The van der Waals surface area contributed by atoms with E-state index in [0.717, 1.165) is 0 Å². The van der Waals surface area contributed by atoms with Crippen LogP contribution < -0.4 is 27.4 Å². The first-order valence-corrected chi connectivity index (χ1v) is 9.22. The van der Waals surface area contributed by atoms with E-state index in [4.69, 9.17) is 16.6 Å². The number of rotatable bonds is 14. The Morgan fingerprint density at radius 2 is 1.33 bits per heavy atom. The lowest BCUT2D eigenvalue weighted by Gasteiger charge is -2.25. The summed E-state index contributed by atoms with van der Waals surface area (Å²) in [5.74, 6) is -6.19. The summed E-state index contributed by atoms with van der Waals surface area (Å²) in [6, 6.07) is -3.89. The van der Waals surface area contributed by atoms with Gasteiger partial charge in [0.15, 0.2) is 0 Å². The molecule has 0 aliphatic heterocycles. The average Bonchev–Trinajstić information content (AvgIpc) is 2.64. The standard InChI is InChI=1S/C17H29N5O8/c1-8(2)14(17(29)30)22-16(28)10(3-5-11(19)23)21-15(27)9(4-6-13(25)26)20-12(24)7-18/h8-10,14H,3-7,18H2,1-2H3,(H2,19,23)(H,20,24)(H,21,27)(H,22,28)(H,25,26)(H,29,30). The molecular formula is C17H29N5O8. The number of carboxylic acid groups (broad SMARTS) is 2. The van der Waals surface area contributed by atoms with E-state index < -0.39 is 72.6 Å². The first kappa shape index (κ1) is 26.8. The Kier molecular flexibility index (Phi) is 11.7. The first-order chi connectivity index (χ1) is 13.9. The van der Waals surface area contributed by atoms with Crippen LogP contribution in [0.3, 0.4) is 0 Å². The number of amides is 4. The molecule has 4 amide bonds. The van der Waals surface area contributed by atoms with Crippen LogP contribution in [0.15, 0.2) is 0 Å². The molecule has 9 N–H and O–H groups in total. The second-order valence-corrected chi connectivity index (χ2v) is 6.89. The third-order valence-corrected chi connectivity index (χ3v) is 4.03. The van der Waals surface area contributed by atoms with Crippen LogP contribution in [0.1, 0.15) is 39.5 Å². The molecule has 170 valence electrons. The van der Waals surface area contributed by atoms with Crippen LogP contribution in [0.25, 0.3) is 0 Å². The minimum absolute atomic E-state index is 0.228. The van der Waals surface area contributed by atoms with Gasteiger partial charge in [-0.2, -0.15) is 0 Å². The second-order valence-electron chi connectivity index (χ2n) is 6.89. The number of hydrogen-bond donors (Lipinski definition) is 7. The minimum Gasteiger partial charge on any atom is -0.481 e. The number of hydrogen-bond acceptors (Lipinski definition) is 7. The smallest absolute Gasteiger partial charge is 0.326 e. The van der Waals surface area contributed by atoms with Gasteiger partial charge in [0, 0.05) is 12.8 Å². The molecule has 0 aliphatic carbocycles. The largest absolute Gasteiger partial charge is 0.481 e. The molecule has 0 saturated heterocycles. The Labute approximate surface area is 172 Å². The van der Waals surface area contributed by atoms with Gasteiger partial charge < -0.3 is 37.6 Å². The first-order valence-electron chi connectivity index (χ1n) is 9.22. The van der Waals surface area contributed by atoms with Gasteiger partial charge in [0.05, 0.1) is 6.54 Å². The van der Waals surface area contributed by atoms with Gasteiger partial charge >= 0.3 is 11.9 Å². The van der Waals surface area contributed by atoms with Crippen LogP contribution in [0.4, 0.5) is 0 Å². The zero-order valence-corrected chi connectivity index (χ0v) is 16.8. The molecule has 0 fully saturated rings. The number of aliphatic carboxylic acids is 2. The molecule has 13 nitrogen and oxygen atoms in total. The molecule has 0 aromatic heterocycles. The van der Waals surface area contributed by atoms with Gasteiger partial charge in [-0.05, 0) is 18.8 Å². The van der Waals surface area contributed by atoms with E-state index in [0.29, 0.717) is 0 Å². The van der Waals surface area contributed by atoms with Crippen molar-refractivity contribution in [1.29, 1.82) is 0 Å². The minimum atomic E-state index is -1.34. The summed E-state index contributed by atoms with van der Waals surface area (Å²) in [5.41, 5.74) is 10.3. The van der Waals surface area contributed by atoms with E-state index in [9.17, 15) is 33.9 Å². The molecule has 3 unspecified atom stereocenters. The van der Waals surface area contributed by atoms with Crippen molar-refractivity contribution in [2.24, 2.45) is 17.4 Å². The van der Waals surface area contributed by atoms with Crippen molar-refractivity contribution in [3.05, 3.63) is 0 Å². The van der Waals surface area contributed by atoms with E-state index in [1.54, 1.807) is 13.8 Å². The summed E-state index contributed by atoms with van der Waals surface area (Å²) in [7, 11) is 0. The van der Waals surface area contributed by atoms with E-state index in [1.807, 2.05) is 0 Å². The van der Waals surface area contributed by atoms with Crippen LogP contribution in [0.5, 0.6) is 0 Å². The molecule has 13 heteroatoms. The van der Waals surface area contributed by atoms with E-state index in [1.165, 1.54) is 0 Å². The van der Waals surface area contributed by atoms with Crippen molar-refractivity contribution in [2.75, 3.05) is 6.54 Å². The van der Waals surface area contributed by atoms with Gasteiger partial charge in [-0.25, -0.2) is 4.79 Å². The predicted octanol–water partition coefficient (Wildman–Crippen LogP) is -2.73. The summed E-state index contributed by atoms with van der Waals surface area (Å²) in [6.45, 7) is 2.69. The molecule has 0 radical (unpaired) electrons. The molecule has 0 heterocycles. The Hall–Kier alpha value is -3.22. The normalized spacial score (nSPS) is 13.6. The van der Waals surface area contributed by atoms with Crippen LogP contribution in [-0.2, 0) is 28.8 Å². The Bertz CT molecular complexity index is 667. The van der Waals surface area contributed by atoms with Gasteiger partial charge in [0.2, 0.25) is 23.6 Å². The van der Waals surface area contributed by atoms with Gasteiger partial charge in [-0.15, -0.1) is 0 Å². The molecule has 0 spiro atoms. The zero-order valence-electron chi connectivity index (χ0n) is 16.8. The summed E-state index contributed by atoms with van der Waals surface area (Å²) >= 11 is 0. The SMILES string of the molecule is CC(C)C(NC(=O)C(CCC(N)=O)NC(=O)C(CCC(=O)O)NC(=O)CN)C(=O)O. The average molecular weight is 431 g/mol. The number of nitrogens with two attached hydrogens (primary N) is 2. The third-order valence-electron chi connectivity index (χ3n) is 4.03. The maximum Gasteiger partial charge on any atom is 0.326 e. The topological polar surface area (TPSA) is 231 Å². The molecule has 0 bridgehead atoms. The Balaban J connectivity index is 5.45. The highest BCUT2D eigenvalue weighted by atomic mass is 16.4. The van der Waals surface area contributed by atoms with E-state index in [-0.39, 0.29) is 19.3 Å². The van der Waals surface area contributed by atoms with Crippen LogP contribution in [-0.4, -0.2) is 70.5 Å². The number of nitrogens with one attached hydrogen (secondary N) is 3. The summed E-state index contributed by atoms with van der Waals surface area (Å²) < 4.78 is 0. The Morgan fingerprint density at radius 1 is 0.833 bits per heavy atom. The van der Waals surface area contributed by atoms with Gasteiger partial charge in [-0.1, -0.05) is 13.8 Å². The zero-order chi connectivity index (χ0) is 23.4. The third kappa shape index (κ3) is 10.4. The van der Waals surface area contributed by atoms with Gasteiger partial charge in [0.25, 0.3) is 0 Å². The van der Waals surface area contributed by atoms with E-state index >= 15 is 0 Å². The maximum atomic E-state index is 12.5. The number of primary amides is 1. The molecular weight excluding hydrogens is 402 g/mol. The van der Waals surface area contributed by atoms with Crippen LogP contribution >= 0.6 is 0 Å². The van der Waals surface area contributed by atoms with Crippen molar-refractivity contribution in [3.63, 3.8) is 0 Å². The highest BCUT2D eigenvalue weighted by Gasteiger charge is 2.31. The lowest BCUT2D eigenvalue weighted by molar-refractivity contribution is -0.143. The van der Waals surface area contributed by atoms with Crippen molar-refractivity contribution in [2.45, 2.75) is 57.7 Å². The fraction of sp³-hybridized carbons (Fsp3) is 0.647. The van der Waals surface area contributed by atoms with Crippen molar-refractivity contribution >= 4 is 35.6 Å². The quantitative estimate of drug-likeness (QED) is 0.151. The highest BCUT2D eigenvalue weighted by Crippen LogP contribution is 2.06. The lowest BCUT2D eigenvalue weighted by atomic mass is 10.0. The fourth-order valence-electron chi connectivity index (χ4n) is 2.39. The number of carboxylic acids is 2. The van der Waals surface area contributed by atoms with Crippen molar-refractivity contribution < 1.29 is 39.0 Å². The summed E-state index contributed by atoms with van der Waals surface area (Å²) in [4.78, 5) is 69.8. The van der Waals surface area contributed by atoms with Crippen molar-refractivity contribution in [3.8, 4) is 0 Å². The van der Waals surface area contributed by atoms with Crippen LogP contribution in [0.2, 0.25) is 0 Å².